The monoisotopic (exact) mass is 646 g/mol. The molecule has 4 aromatic carbocycles. The van der Waals surface area contributed by atoms with Gasteiger partial charge in [-0.15, -0.1) is 0 Å². The van der Waals surface area contributed by atoms with Crippen molar-refractivity contribution < 1.29 is 0 Å². The average Bonchev–Trinajstić information content (AvgIpc) is 3.08. The van der Waals surface area contributed by atoms with E-state index in [1.54, 1.807) is 22.3 Å². The van der Waals surface area contributed by atoms with Crippen LogP contribution in [0.25, 0.3) is 0 Å². The van der Waals surface area contributed by atoms with E-state index in [0.717, 1.165) is 35.0 Å². The standard InChI is InChI=1S/C47H54N2/c1-28-11-8-13-40(30(28)3)47(37-24-33-19-34(26-37)27-38(47)25-33)42-15-9-14-41(45(42)49-44-17-7-6-16-43(44)48)46(39-12-5-4-10-29(39)2)35-20-31-18-32(22-35)23-36(46)21-31/h4-17,31-38,49H,18-27,48H2,1-3H3. The van der Waals surface area contributed by atoms with Gasteiger partial charge in [0.05, 0.1) is 11.4 Å². The summed E-state index contributed by atoms with van der Waals surface area (Å²) in [5.41, 5.74) is 20.9. The van der Waals surface area contributed by atoms with Gasteiger partial charge in [-0.2, -0.15) is 0 Å². The van der Waals surface area contributed by atoms with E-state index in [1.807, 2.05) is 0 Å². The molecule has 0 heterocycles. The van der Waals surface area contributed by atoms with Crippen LogP contribution in [0, 0.1) is 68.1 Å². The molecule has 0 atom stereocenters. The number of anilines is 3. The number of nitrogens with two attached hydrogens (primary N) is 1. The summed E-state index contributed by atoms with van der Waals surface area (Å²) in [5.74, 6) is 6.26. The smallest absolute Gasteiger partial charge is 0.0618 e. The topological polar surface area (TPSA) is 38.0 Å². The minimum absolute atomic E-state index is 0.00456. The van der Waals surface area contributed by atoms with Gasteiger partial charge in [0, 0.05) is 16.5 Å². The minimum atomic E-state index is -0.00968. The van der Waals surface area contributed by atoms with E-state index in [2.05, 4.69) is 111 Å². The molecular weight excluding hydrogens is 593 g/mol. The molecule has 8 aliphatic rings. The minimum Gasteiger partial charge on any atom is -0.397 e. The van der Waals surface area contributed by atoms with Gasteiger partial charge < -0.3 is 11.1 Å². The first-order valence-corrected chi connectivity index (χ1v) is 19.8. The van der Waals surface area contributed by atoms with Crippen LogP contribution in [0.5, 0.6) is 0 Å². The molecule has 0 aliphatic heterocycles. The van der Waals surface area contributed by atoms with Crippen molar-refractivity contribution >= 4 is 17.1 Å². The number of aryl methyl sites for hydroxylation is 2. The number of nitrogen functional groups attached to an aromatic ring is 1. The van der Waals surface area contributed by atoms with Crippen LogP contribution in [0.3, 0.4) is 0 Å². The molecule has 252 valence electrons. The zero-order valence-corrected chi connectivity index (χ0v) is 29.9. The predicted molar refractivity (Wildman–Crippen MR) is 203 cm³/mol. The van der Waals surface area contributed by atoms with Crippen molar-refractivity contribution in [2.45, 2.75) is 95.8 Å². The van der Waals surface area contributed by atoms with Crippen LogP contribution in [0.4, 0.5) is 17.1 Å². The van der Waals surface area contributed by atoms with Gasteiger partial charge in [0.15, 0.2) is 0 Å². The van der Waals surface area contributed by atoms with Crippen molar-refractivity contribution in [1.82, 2.24) is 0 Å². The summed E-state index contributed by atoms with van der Waals surface area (Å²) in [5, 5.41) is 4.25. The molecule has 0 spiro atoms. The Morgan fingerprint density at radius 3 is 1.45 bits per heavy atom. The van der Waals surface area contributed by atoms with Crippen LogP contribution in [-0.4, -0.2) is 0 Å². The van der Waals surface area contributed by atoms with Crippen LogP contribution >= 0.6 is 0 Å². The Balaban J connectivity index is 1.30. The number of hydrogen-bond acceptors (Lipinski definition) is 2. The summed E-state index contributed by atoms with van der Waals surface area (Å²) in [7, 11) is 0. The molecule has 0 unspecified atom stereocenters. The van der Waals surface area contributed by atoms with Crippen molar-refractivity contribution in [3.63, 3.8) is 0 Å². The zero-order valence-electron chi connectivity index (χ0n) is 29.9. The maximum absolute atomic E-state index is 6.85. The summed E-state index contributed by atoms with van der Waals surface area (Å²) >= 11 is 0. The Labute approximate surface area is 294 Å². The second-order valence-electron chi connectivity index (χ2n) is 17.8. The molecular formula is C47H54N2. The highest BCUT2D eigenvalue weighted by atomic mass is 14.9. The normalized spacial score (nSPS) is 36.7. The number of nitrogens with one attached hydrogen (secondary N) is 1. The molecule has 49 heavy (non-hydrogen) atoms. The van der Waals surface area contributed by atoms with E-state index in [-0.39, 0.29) is 10.8 Å². The lowest BCUT2D eigenvalue weighted by molar-refractivity contribution is -0.0444. The Bertz CT molecular complexity index is 1880. The zero-order chi connectivity index (χ0) is 33.1. The van der Waals surface area contributed by atoms with Gasteiger partial charge in [-0.3, -0.25) is 0 Å². The van der Waals surface area contributed by atoms with Crippen molar-refractivity contribution in [2.75, 3.05) is 11.1 Å². The van der Waals surface area contributed by atoms with E-state index in [4.69, 9.17) is 5.73 Å². The molecule has 0 radical (unpaired) electrons. The molecule has 8 fully saturated rings. The highest BCUT2D eigenvalue weighted by molar-refractivity contribution is 5.79. The van der Waals surface area contributed by atoms with Gasteiger partial charge in [-0.1, -0.05) is 72.8 Å². The Kier molecular flexibility index (Phi) is 6.80. The first-order chi connectivity index (χ1) is 23.9. The highest BCUT2D eigenvalue weighted by Crippen LogP contribution is 2.70. The fourth-order valence-electron chi connectivity index (χ4n) is 14.3. The van der Waals surface area contributed by atoms with Crippen LogP contribution in [0.1, 0.15) is 103 Å². The molecule has 0 aromatic heterocycles. The van der Waals surface area contributed by atoms with Crippen LogP contribution in [0.2, 0.25) is 0 Å². The fraction of sp³-hybridized carbons (Fsp3) is 0.489. The lowest BCUT2D eigenvalue weighted by atomic mass is 9.40. The Morgan fingerprint density at radius 2 is 0.898 bits per heavy atom. The van der Waals surface area contributed by atoms with Gasteiger partial charge in [0.2, 0.25) is 0 Å². The third-order valence-corrected chi connectivity index (χ3v) is 15.7. The molecule has 8 saturated carbocycles. The third kappa shape index (κ3) is 4.19. The summed E-state index contributed by atoms with van der Waals surface area (Å²) in [4.78, 5) is 0. The van der Waals surface area contributed by atoms with Gasteiger partial charge in [-0.25, -0.2) is 0 Å². The lowest BCUT2D eigenvalue weighted by Gasteiger charge is -2.64. The molecule has 0 saturated heterocycles. The first kappa shape index (κ1) is 30.3. The van der Waals surface area contributed by atoms with E-state index in [1.165, 1.54) is 86.6 Å². The predicted octanol–water partition coefficient (Wildman–Crippen LogP) is 11.4. The molecule has 2 nitrogen and oxygen atoms in total. The molecule has 8 aliphatic carbocycles. The number of rotatable bonds is 6. The quantitative estimate of drug-likeness (QED) is 0.205. The van der Waals surface area contributed by atoms with E-state index < -0.39 is 0 Å². The Hall–Kier alpha value is -3.52. The third-order valence-electron chi connectivity index (χ3n) is 15.7. The molecule has 3 N–H and O–H groups in total. The van der Waals surface area contributed by atoms with Crippen molar-refractivity contribution in [2.24, 2.45) is 47.3 Å². The maximum Gasteiger partial charge on any atom is 0.0618 e. The largest absolute Gasteiger partial charge is 0.397 e. The number of para-hydroxylation sites is 3. The fourth-order valence-corrected chi connectivity index (χ4v) is 14.3. The molecule has 12 rings (SSSR count). The Morgan fingerprint density at radius 1 is 0.469 bits per heavy atom. The summed E-state index contributed by atoms with van der Waals surface area (Å²) in [6.07, 6.45) is 13.9. The second kappa shape index (κ2) is 11.0. The molecule has 0 amide bonds. The average molecular weight is 647 g/mol. The van der Waals surface area contributed by atoms with Crippen LogP contribution < -0.4 is 11.1 Å². The van der Waals surface area contributed by atoms with Crippen LogP contribution in [0.15, 0.2) is 84.9 Å². The lowest BCUT2D eigenvalue weighted by Crippen LogP contribution is -2.58. The number of benzene rings is 4. The van der Waals surface area contributed by atoms with Crippen LogP contribution in [-0.2, 0) is 10.8 Å². The first-order valence-electron chi connectivity index (χ1n) is 19.8. The van der Waals surface area contributed by atoms with Crippen molar-refractivity contribution in [3.8, 4) is 0 Å². The molecule has 2 heteroatoms. The molecule has 4 aromatic rings. The molecule has 8 bridgehead atoms. The van der Waals surface area contributed by atoms with E-state index in [9.17, 15) is 0 Å². The summed E-state index contributed by atoms with van der Waals surface area (Å²) in [6, 6.07) is 32.9. The van der Waals surface area contributed by atoms with Gasteiger partial charge >= 0.3 is 0 Å². The van der Waals surface area contributed by atoms with Gasteiger partial charge in [0.1, 0.15) is 0 Å². The van der Waals surface area contributed by atoms with E-state index in [0.29, 0.717) is 23.7 Å². The second-order valence-corrected chi connectivity index (χ2v) is 17.8. The maximum atomic E-state index is 6.85. The summed E-state index contributed by atoms with van der Waals surface area (Å²) < 4.78 is 0. The van der Waals surface area contributed by atoms with E-state index >= 15 is 0 Å². The van der Waals surface area contributed by atoms with Crippen molar-refractivity contribution in [3.05, 3.63) is 124 Å². The SMILES string of the molecule is Cc1ccccc1C1(c2cccc(C3(c4cccc(C)c4C)C4CC5CC(C4)CC3C5)c2Nc2ccccc2N)C2CC3CC(C2)CC1C3. The summed E-state index contributed by atoms with van der Waals surface area (Å²) in [6.45, 7) is 7.16. The van der Waals surface area contributed by atoms with Crippen molar-refractivity contribution in [1.29, 1.82) is 0 Å². The van der Waals surface area contributed by atoms with Gasteiger partial charge in [-0.05, 0) is 183 Å². The number of hydrogen-bond donors (Lipinski definition) is 2. The van der Waals surface area contributed by atoms with Gasteiger partial charge in [0.25, 0.3) is 0 Å². The highest BCUT2D eigenvalue weighted by Gasteiger charge is 2.62.